The molecule has 2 saturated heterocycles. The number of carbonyl (C=O) groups excluding carboxylic acids is 4. The lowest BCUT2D eigenvalue weighted by atomic mass is 9.83. The standard InChI is InChI=1S/C38H66N4O14/c1-34(2,3)53-30(45)39-19-22-24(43)25(44)23(42-33(48)56-37(10,11)12)29(49-22)50-26-20(40-31(46)54-35(4,5)6)18-21(41-32(47)55-36(7,8)9)27-28(26)52-38(51-27)16-14-13-15-17-38/h20-29,43-44H,13-19H2,1-12H3,(H,39,45)(H,40,46)(H,41,47)(H,42,48)/t20-,21+,22+,23+,24+,25+,26+,27-,28-,29+/m0/s1. The van der Waals surface area contributed by atoms with E-state index in [1.165, 1.54) is 0 Å². The van der Waals surface area contributed by atoms with Crippen LogP contribution in [0.15, 0.2) is 0 Å². The number of aliphatic hydroxyl groups is 2. The maximum Gasteiger partial charge on any atom is 0.408 e. The average molecular weight is 803 g/mol. The van der Waals surface area contributed by atoms with Crippen LogP contribution in [0.3, 0.4) is 0 Å². The van der Waals surface area contributed by atoms with E-state index in [-0.39, 0.29) is 13.0 Å². The number of rotatable bonds is 7. The molecule has 0 unspecified atom stereocenters. The Balaban J connectivity index is 1.72. The minimum atomic E-state index is -1.70. The number of nitrogens with one attached hydrogen (secondary N) is 4. The van der Waals surface area contributed by atoms with Crippen molar-refractivity contribution in [3.63, 3.8) is 0 Å². The number of fused-ring (bicyclic) bond motifs is 1. The molecule has 0 aromatic rings. The number of hydrogen-bond donors (Lipinski definition) is 6. The zero-order valence-electron chi connectivity index (χ0n) is 35.0. The number of aliphatic hydroxyl groups excluding tert-OH is 2. The molecule has 0 bridgehead atoms. The molecule has 1 spiro atoms. The number of carbonyl (C=O) groups is 4. The van der Waals surface area contributed by atoms with Crippen LogP contribution in [0.4, 0.5) is 19.2 Å². The molecule has 18 heteroatoms. The highest BCUT2D eigenvalue weighted by atomic mass is 16.8. The summed E-state index contributed by atoms with van der Waals surface area (Å²) in [6.45, 7) is 20.1. The third-order valence-electron chi connectivity index (χ3n) is 9.19. The van der Waals surface area contributed by atoms with Crippen molar-refractivity contribution in [1.29, 1.82) is 0 Å². The largest absolute Gasteiger partial charge is 0.444 e. The van der Waals surface area contributed by atoms with E-state index in [2.05, 4.69) is 21.3 Å². The first kappa shape index (κ1) is 45.5. The molecule has 18 nitrogen and oxygen atoms in total. The Hall–Kier alpha value is -3.16. The first-order chi connectivity index (χ1) is 25.6. The molecule has 0 aromatic carbocycles. The number of hydrogen-bond acceptors (Lipinski definition) is 14. The lowest BCUT2D eigenvalue weighted by molar-refractivity contribution is -0.292. The van der Waals surface area contributed by atoms with Gasteiger partial charge in [-0.2, -0.15) is 0 Å². The van der Waals surface area contributed by atoms with Crippen LogP contribution in [0.2, 0.25) is 0 Å². The lowest BCUT2D eigenvalue weighted by Gasteiger charge is -2.47. The predicted octanol–water partition coefficient (Wildman–Crippen LogP) is 3.87. The van der Waals surface area contributed by atoms with Crippen LogP contribution in [0.1, 0.15) is 122 Å². The van der Waals surface area contributed by atoms with Crippen molar-refractivity contribution in [1.82, 2.24) is 21.3 Å². The smallest absolute Gasteiger partial charge is 0.408 e. The zero-order valence-corrected chi connectivity index (χ0v) is 35.0. The molecular formula is C38H66N4O14. The molecule has 322 valence electrons. The third-order valence-corrected chi connectivity index (χ3v) is 9.19. The maximum absolute atomic E-state index is 13.4. The Morgan fingerprint density at radius 2 is 1.09 bits per heavy atom. The quantitative estimate of drug-likeness (QED) is 0.201. The molecule has 4 amide bonds. The molecule has 4 rings (SSSR count). The molecule has 4 aliphatic rings. The van der Waals surface area contributed by atoms with Gasteiger partial charge in [0, 0.05) is 19.4 Å². The van der Waals surface area contributed by atoms with Crippen LogP contribution in [0.25, 0.3) is 0 Å². The lowest BCUT2D eigenvalue weighted by Crippen LogP contribution is -2.69. The summed E-state index contributed by atoms with van der Waals surface area (Å²) in [5, 5.41) is 33.7. The second kappa shape index (κ2) is 17.4. The topological polar surface area (TPSA) is 231 Å². The van der Waals surface area contributed by atoms with Crippen LogP contribution >= 0.6 is 0 Å². The van der Waals surface area contributed by atoms with Gasteiger partial charge in [-0.05, 0) is 102 Å². The molecule has 2 saturated carbocycles. The molecule has 0 aromatic heterocycles. The van der Waals surface area contributed by atoms with Crippen molar-refractivity contribution in [2.45, 2.75) is 211 Å². The van der Waals surface area contributed by atoms with Crippen molar-refractivity contribution < 1.29 is 67.3 Å². The summed E-state index contributed by atoms with van der Waals surface area (Å²) in [5.41, 5.74) is -3.40. The predicted molar refractivity (Wildman–Crippen MR) is 199 cm³/mol. The highest BCUT2D eigenvalue weighted by Crippen LogP contribution is 2.46. The monoisotopic (exact) mass is 802 g/mol. The summed E-state index contributed by atoms with van der Waals surface area (Å²) in [6.07, 6.45) is -8.32. The van der Waals surface area contributed by atoms with Gasteiger partial charge < -0.3 is 69.4 Å². The number of ether oxygens (including phenoxy) is 8. The van der Waals surface area contributed by atoms with E-state index in [9.17, 15) is 29.4 Å². The fourth-order valence-electron chi connectivity index (χ4n) is 7.16. The van der Waals surface area contributed by atoms with Gasteiger partial charge in [0.05, 0.1) is 12.1 Å². The summed E-state index contributed by atoms with van der Waals surface area (Å²) < 4.78 is 48.5. The number of amides is 4. The van der Waals surface area contributed by atoms with E-state index in [1.54, 1.807) is 83.1 Å². The van der Waals surface area contributed by atoms with Crippen LogP contribution in [-0.4, -0.2) is 130 Å². The molecule has 0 radical (unpaired) electrons. The van der Waals surface area contributed by atoms with Crippen molar-refractivity contribution in [3.8, 4) is 0 Å². The van der Waals surface area contributed by atoms with Gasteiger partial charge >= 0.3 is 24.4 Å². The van der Waals surface area contributed by atoms with Gasteiger partial charge in [0.2, 0.25) is 0 Å². The van der Waals surface area contributed by atoms with Gasteiger partial charge in [-0.3, -0.25) is 0 Å². The van der Waals surface area contributed by atoms with Crippen molar-refractivity contribution in [2.75, 3.05) is 6.54 Å². The first-order valence-electron chi connectivity index (χ1n) is 19.6. The van der Waals surface area contributed by atoms with Crippen LogP contribution < -0.4 is 21.3 Å². The molecule has 2 heterocycles. The van der Waals surface area contributed by atoms with E-state index in [0.717, 1.165) is 19.3 Å². The van der Waals surface area contributed by atoms with Gasteiger partial charge in [-0.25, -0.2) is 19.2 Å². The fraction of sp³-hybridized carbons (Fsp3) is 0.895. The summed E-state index contributed by atoms with van der Waals surface area (Å²) >= 11 is 0. The Morgan fingerprint density at radius 1 is 0.625 bits per heavy atom. The molecule has 6 N–H and O–H groups in total. The van der Waals surface area contributed by atoms with E-state index in [4.69, 9.17) is 37.9 Å². The summed E-state index contributed by atoms with van der Waals surface area (Å²) in [5.74, 6) is -1.01. The molecule has 4 fully saturated rings. The minimum absolute atomic E-state index is 0.0510. The second-order valence-electron chi connectivity index (χ2n) is 19.1. The second-order valence-corrected chi connectivity index (χ2v) is 19.1. The maximum atomic E-state index is 13.4. The molecular weight excluding hydrogens is 736 g/mol. The van der Waals surface area contributed by atoms with E-state index >= 15 is 0 Å². The van der Waals surface area contributed by atoms with Gasteiger partial charge in [-0.15, -0.1) is 0 Å². The van der Waals surface area contributed by atoms with Gasteiger partial charge in [0.1, 0.15) is 65.1 Å². The van der Waals surface area contributed by atoms with Crippen molar-refractivity contribution in [3.05, 3.63) is 0 Å². The fourth-order valence-corrected chi connectivity index (χ4v) is 7.16. The van der Waals surface area contributed by atoms with Crippen LogP contribution in [-0.2, 0) is 37.9 Å². The molecule has 10 atom stereocenters. The Labute approximate surface area is 330 Å². The highest BCUT2D eigenvalue weighted by Gasteiger charge is 2.60. The molecule has 56 heavy (non-hydrogen) atoms. The van der Waals surface area contributed by atoms with Gasteiger partial charge in [0.25, 0.3) is 0 Å². The van der Waals surface area contributed by atoms with E-state index in [0.29, 0.717) is 12.8 Å². The molecule has 2 aliphatic carbocycles. The van der Waals surface area contributed by atoms with Gasteiger partial charge in [0.15, 0.2) is 12.1 Å². The van der Waals surface area contributed by atoms with Crippen LogP contribution in [0.5, 0.6) is 0 Å². The summed E-state index contributed by atoms with van der Waals surface area (Å²) in [7, 11) is 0. The summed E-state index contributed by atoms with van der Waals surface area (Å²) in [6, 6.07) is -3.11. The Morgan fingerprint density at radius 3 is 1.61 bits per heavy atom. The zero-order chi connectivity index (χ0) is 42.0. The first-order valence-corrected chi connectivity index (χ1v) is 19.6. The normalized spacial score (nSPS) is 32.0. The van der Waals surface area contributed by atoms with Gasteiger partial charge in [-0.1, -0.05) is 6.42 Å². The summed E-state index contributed by atoms with van der Waals surface area (Å²) in [4.78, 5) is 52.3. The van der Waals surface area contributed by atoms with Crippen molar-refractivity contribution in [2.24, 2.45) is 0 Å². The Bertz CT molecular complexity index is 1380. The van der Waals surface area contributed by atoms with Crippen LogP contribution in [0, 0.1) is 0 Å². The minimum Gasteiger partial charge on any atom is -0.444 e. The SMILES string of the molecule is CC(C)(C)OC(=O)NC[C@H]1O[C@H](O[C@H]2[C@@H]3OC4(CCCCC4)O[C@H]3[C@H](NC(=O)OC(C)(C)C)C[C@@H]2NC(=O)OC(C)(C)C)[C@H](NC(=O)OC(C)(C)C)[C@@H](O)[C@@H]1O. The average Bonchev–Trinajstić information content (AvgIpc) is 3.37. The Kier molecular flexibility index (Phi) is 14.1. The number of alkyl carbamates (subject to hydrolysis) is 4. The van der Waals surface area contributed by atoms with E-state index < -0.39 is 114 Å². The molecule has 2 aliphatic heterocycles. The highest BCUT2D eigenvalue weighted by molar-refractivity contribution is 5.70. The third kappa shape index (κ3) is 13.2. The van der Waals surface area contributed by atoms with Crippen molar-refractivity contribution >= 4 is 24.4 Å². The van der Waals surface area contributed by atoms with E-state index in [1.807, 2.05) is 0 Å².